The van der Waals surface area contributed by atoms with Gasteiger partial charge in [0.05, 0.1) is 10.0 Å². The molecule has 1 atom stereocenters. The predicted octanol–water partition coefficient (Wildman–Crippen LogP) is 2.43. The summed E-state index contributed by atoms with van der Waals surface area (Å²) in [5.41, 5.74) is 1.25. The van der Waals surface area contributed by atoms with E-state index in [0.29, 0.717) is 0 Å². The van der Waals surface area contributed by atoms with Crippen molar-refractivity contribution in [1.29, 1.82) is 0 Å². The molecule has 9 nitrogen and oxygen atoms in total. The van der Waals surface area contributed by atoms with Crippen LogP contribution in [0.4, 0.5) is 0 Å². The summed E-state index contributed by atoms with van der Waals surface area (Å²) in [6.45, 7) is -0.783. The number of rotatable bonds is 8. The number of nitrogens with one attached hydrogen (secondary N) is 3. The minimum atomic E-state index is -4.44. The molecule has 0 heterocycles. The summed E-state index contributed by atoms with van der Waals surface area (Å²) in [4.78, 5) is 11.1. The zero-order valence-corrected chi connectivity index (χ0v) is 19.2. The Labute approximate surface area is 192 Å². The van der Waals surface area contributed by atoms with Gasteiger partial charge in [-0.05, 0) is 36.4 Å². The van der Waals surface area contributed by atoms with Gasteiger partial charge in [0.1, 0.15) is 15.8 Å². The monoisotopic (exact) mass is 535 g/mol. The Kier molecular flexibility index (Phi) is 8.36. The van der Waals surface area contributed by atoms with Gasteiger partial charge in [0.15, 0.2) is 0 Å². The van der Waals surface area contributed by atoms with Crippen molar-refractivity contribution in [1.82, 2.24) is 14.9 Å². The van der Waals surface area contributed by atoms with Crippen molar-refractivity contribution < 1.29 is 26.8 Å². The van der Waals surface area contributed by atoms with E-state index in [9.17, 15) is 21.6 Å². The van der Waals surface area contributed by atoms with Gasteiger partial charge in [-0.3, -0.25) is 10.0 Å². The molecule has 2 aromatic rings. The number of hydrogen-bond acceptors (Lipinski definition) is 6. The Morgan fingerprint density at radius 2 is 1.33 bits per heavy atom. The summed E-state index contributed by atoms with van der Waals surface area (Å²) in [7, 11) is -8.73. The lowest BCUT2D eigenvalue weighted by atomic mass is 10.3. The lowest BCUT2D eigenvalue weighted by Crippen LogP contribution is -2.52. The van der Waals surface area contributed by atoms with Gasteiger partial charge in [0.2, 0.25) is 20.0 Å². The number of amides is 1. The highest BCUT2D eigenvalue weighted by atomic mass is 35.5. The first kappa shape index (κ1) is 25.1. The zero-order valence-electron chi connectivity index (χ0n) is 14.6. The number of benzene rings is 2. The van der Waals surface area contributed by atoms with Gasteiger partial charge in [0.25, 0.3) is 5.91 Å². The number of carbonyl (C=O) groups is 1. The number of sulfonamides is 2. The molecule has 0 bridgehead atoms. The van der Waals surface area contributed by atoms with E-state index in [2.05, 4.69) is 0 Å². The molecule has 0 aliphatic heterocycles. The van der Waals surface area contributed by atoms with Gasteiger partial charge >= 0.3 is 0 Å². The molecule has 0 spiro atoms. The van der Waals surface area contributed by atoms with Crippen molar-refractivity contribution in [2.45, 2.75) is 15.8 Å². The van der Waals surface area contributed by atoms with Gasteiger partial charge in [-0.25, -0.2) is 27.0 Å². The summed E-state index contributed by atoms with van der Waals surface area (Å²) in [6.07, 6.45) is 0. The second-order valence-electron chi connectivity index (χ2n) is 5.65. The molecule has 0 radical (unpaired) electrons. The predicted molar refractivity (Wildman–Crippen MR) is 112 cm³/mol. The molecule has 0 aliphatic rings. The third-order valence-corrected chi connectivity index (χ3v) is 7.90. The lowest BCUT2D eigenvalue weighted by Gasteiger charge is -2.18. The SMILES string of the molecule is O=C(NO)C(CNS(=O)(=O)c1cc(Cl)ccc1Cl)NS(=O)(=O)c1cc(Cl)ccc1Cl. The quantitative estimate of drug-likeness (QED) is 0.301. The highest BCUT2D eigenvalue weighted by Gasteiger charge is 2.29. The summed E-state index contributed by atoms with van der Waals surface area (Å²) in [6, 6.07) is 5.54. The van der Waals surface area contributed by atoms with E-state index >= 15 is 0 Å². The fourth-order valence-corrected chi connectivity index (χ4v) is 5.92. The van der Waals surface area contributed by atoms with Crippen LogP contribution in [0, 0.1) is 0 Å². The molecule has 0 saturated heterocycles. The summed E-state index contributed by atoms with van der Waals surface area (Å²) < 4.78 is 54.2. The van der Waals surface area contributed by atoms with E-state index in [1.54, 1.807) is 0 Å². The van der Waals surface area contributed by atoms with Crippen LogP contribution in [-0.2, 0) is 24.8 Å². The first-order valence-electron chi connectivity index (χ1n) is 7.73. The van der Waals surface area contributed by atoms with Crippen molar-refractivity contribution in [2.24, 2.45) is 0 Å². The van der Waals surface area contributed by atoms with Gasteiger partial charge < -0.3 is 0 Å². The van der Waals surface area contributed by atoms with Crippen LogP contribution in [0.1, 0.15) is 0 Å². The van der Waals surface area contributed by atoms with E-state index in [1.165, 1.54) is 29.7 Å². The second-order valence-corrected chi connectivity index (χ2v) is 10.8. The first-order valence-corrected chi connectivity index (χ1v) is 12.2. The van der Waals surface area contributed by atoms with Crippen molar-refractivity contribution in [3.8, 4) is 0 Å². The number of hydroxylamine groups is 1. The highest BCUT2D eigenvalue weighted by molar-refractivity contribution is 7.90. The largest absolute Gasteiger partial charge is 0.289 e. The minimum absolute atomic E-state index is 0.0548. The smallest absolute Gasteiger partial charge is 0.262 e. The molecule has 0 fully saturated rings. The average Bonchev–Trinajstić information content (AvgIpc) is 2.68. The molecule has 4 N–H and O–H groups in total. The molecular formula is C15H13Cl4N3O6S2. The van der Waals surface area contributed by atoms with Crippen LogP contribution in [0.5, 0.6) is 0 Å². The first-order chi connectivity index (χ1) is 13.9. The molecular weight excluding hydrogens is 524 g/mol. The van der Waals surface area contributed by atoms with Crippen LogP contribution in [-0.4, -0.2) is 40.5 Å². The Hall–Kier alpha value is -1.15. The van der Waals surface area contributed by atoms with E-state index in [4.69, 9.17) is 51.6 Å². The maximum atomic E-state index is 12.6. The third kappa shape index (κ3) is 6.19. The number of carbonyl (C=O) groups excluding carboxylic acids is 1. The third-order valence-electron chi connectivity index (χ3n) is 3.57. The molecule has 2 rings (SSSR count). The van der Waals surface area contributed by atoms with Crippen LogP contribution >= 0.6 is 46.4 Å². The van der Waals surface area contributed by atoms with E-state index in [-0.39, 0.29) is 25.0 Å². The molecule has 2 aromatic carbocycles. The number of halogens is 4. The molecule has 0 saturated carbocycles. The fraction of sp³-hybridized carbons (Fsp3) is 0.133. The molecule has 1 unspecified atom stereocenters. The van der Waals surface area contributed by atoms with Crippen LogP contribution in [0.2, 0.25) is 20.1 Å². The van der Waals surface area contributed by atoms with Crippen LogP contribution < -0.4 is 14.9 Å². The molecule has 30 heavy (non-hydrogen) atoms. The summed E-state index contributed by atoms with van der Waals surface area (Å²) in [5.74, 6) is -1.24. The van der Waals surface area contributed by atoms with Crippen LogP contribution in [0.15, 0.2) is 46.2 Å². The Morgan fingerprint density at radius 1 is 0.867 bits per heavy atom. The van der Waals surface area contributed by atoms with Crippen LogP contribution in [0.25, 0.3) is 0 Å². The maximum Gasteiger partial charge on any atom is 0.262 e. The average molecular weight is 537 g/mol. The molecule has 0 aliphatic carbocycles. The zero-order chi connectivity index (χ0) is 22.7. The van der Waals surface area contributed by atoms with Crippen molar-refractivity contribution in [3.05, 3.63) is 56.5 Å². The van der Waals surface area contributed by atoms with Crippen molar-refractivity contribution in [3.63, 3.8) is 0 Å². The molecule has 0 aromatic heterocycles. The Balaban J connectivity index is 2.30. The molecule has 1 amide bonds. The van der Waals surface area contributed by atoms with Crippen LogP contribution in [0.3, 0.4) is 0 Å². The number of hydrogen-bond donors (Lipinski definition) is 4. The standard InChI is InChI=1S/C15H13Cl4N3O6S2/c16-8-1-3-10(18)13(5-8)29(25,26)20-7-12(15(23)21-24)22-30(27,28)14-6-9(17)2-4-11(14)19/h1-6,12,20,22,24H,7H2,(H,21,23). The molecule has 15 heteroatoms. The summed E-state index contributed by atoms with van der Waals surface area (Å²) >= 11 is 23.3. The van der Waals surface area contributed by atoms with Gasteiger partial charge in [-0.15, -0.1) is 0 Å². The normalized spacial score (nSPS) is 13.1. The summed E-state index contributed by atoms with van der Waals surface area (Å²) in [5, 5.41) is 8.70. The van der Waals surface area contributed by atoms with Gasteiger partial charge in [0, 0.05) is 16.6 Å². The molecule has 164 valence electrons. The Bertz CT molecular complexity index is 1170. The van der Waals surface area contributed by atoms with E-state index < -0.39 is 43.4 Å². The Morgan fingerprint density at radius 3 is 1.80 bits per heavy atom. The second kappa shape index (κ2) is 9.98. The van der Waals surface area contributed by atoms with E-state index in [1.807, 2.05) is 9.44 Å². The van der Waals surface area contributed by atoms with E-state index in [0.717, 1.165) is 12.1 Å². The highest BCUT2D eigenvalue weighted by Crippen LogP contribution is 2.26. The topological polar surface area (TPSA) is 142 Å². The van der Waals surface area contributed by atoms with Gasteiger partial charge in [-0.1, -0.05) is 46.4 Å². The maximum absolute atomic E-state index is 12.6. The lowest BCUT2D eigenvalue weighted by molar-refractivity contribution is -0.130. The van der Waals surface area contributed by atoms with Gasteiger partial charge in [-0.2, -0.15) is 4.72 Å². The van der Waals surface area contributed by atoms with Crippen molar-refractivity contribution in [2.75, 3.05) is 6.54 Å². The van der Waals surface area contributed by atoms with Crippen molar-refractivity contribution >= 4 is 72.4 Å². The fourth-order valence-electron chi connectivity index (χ4n) is 2.15. The minimum Gasteiger partial charge on any atom is -0.289 e.